The zero-order chi connectivity index (χ0) is 10.7. The van der Waals surface area contributed by atoms with Gasteiger partial charge in [-0.15, -0.1) is 0 Å². The van der Waals surface area contributed by atoms with Crippen LogP contribution in [0.1, 0.15) is 5.56 Å². The summed E-state index contributed by atoms with van der Waals surface area (Å²) < 4.78 is 0. The van der Waals surface area contributed by atoms with Gasteiger partial charge in [-0.2, -0.15) is 0 Å². The fraction of sp³-hybridized carbons (Fsp3) is 0.500. The molecular formula is C12H17NO2. The van der Waals surface area contributed by atoms with Gasteiger partial charge in [-0.05, 0) is 12.0 Å². The van der Waals surface area contributed by atoms with Crippen molar-refractivity contribution in [3.05, 3.63) is 35.9 Å². The van der Waals surface area contributed by atoms with Crippen molar-refractivity contribution in [1.29, 1.82) is 0 Å². The molecule has 3 heteroatoms. The van der Waals surface area contributed by atoms with Crippen molar-refractivity contribution in [1.82, 2.24) is 5.32 Å². The molecule has 1 unspecified atom stereocenters. The second-order valence-electron chi connectivity index (χ2n) is 4.17. The highest BCUT2D eigenvalue weighted by atomic mass is 16.3. The lowest BCUT2D eigenvalue weighted by Crippen LogP contribution is -2.51. The van der Waals surface area contributed by atoms with Gasteiger partial charge in [-0.1, -0.05) is 30.3 Å². The van der Waals surface area contributed by atoms with Crippen LogP contribution in [0.3, 0.4) is 0 Å². The van der Waals surface area contributed by atoms with E-state index in [1.165, 1.54) is 5.56 Å². The van der Waals surface area contributed by atoms with E-state index in [0.717, 1.165) is 13.0 Å². The van der Waals surface area contributed by atoms with Gasteiger partial charge in [0.15, 0.2) is 0 Å². The van der Waals surface area contributed by atoms with Crippen LogP contribution in [0.5, 0.6) is 0 Å². The van der Waals surface area contributed by atoms with Gasteiger partial charge in [0, 0.05) is 19.0 Å². The molecule has 0 spiro atoms. The van der Waals surface area contributed by atoms with E-state index in [0.29, 0.717) is 6.54 Å². The molecule has 1 aliphatic rings. The van der Waals surface area contributed by atoms with Gasteiger partial charge >= 0.3 is 0 Å². The van der Waals surface area contributed by atoms with Crippen molar-refractivity contribution >= 4 is 0 Å². The van der Waals surface area contributed by atoms with Crippen molar-refractivity contribution in [2.75, 3.05) is 13.1 Å². The molecule has 0 saturated carbocycles. The zero-order valence-corrected chi connectivity index (χ0v) is 8.63. The van der Waals surface area contributed by atoms with Gasteiger partial charge in [0.2, 0.25) is 0 Å². The first kappa shape index (κ1) is 10.6. The van der Waals surface area contributed by atoms with E-state index in [9.17, 15) is 10.2 Å². The normalized spacial score (nSPS) is 31.5. The Morgan fingerprint density at radius 2 is 1.87 bits per heavy atom. The van der Waals surface area contributed by atoms with Crippen LogP contribution in [0, 0.1) is 5.92 Å². The Hall–Kier alpha value is -0.900. The molecular weight excluding hydrogens is 190 g/mol. The summed E-state index contributed by atoms with van der Waals surface area (Å²) >= 11 is 0. The largest absolute Gasteiger partial charge is 0.390 e. The molecule has 1 fully saturated rings. The molecule has 1 saturated heterocycles. The summed E-state index contributed by atoms with van der Waals surface area (Å²) in [4.78, 5) is 0. The number of aliphatic hydroxyl groups excluding tert-OH is 2. The lowest BCUT2D eigenvalue weighted by atomic mass is 9.88. The smallest absolute Gasteiger partial charge is 0.0926 e. The van der Waals surface area contributed by atoms with Gasteiger partial charge in [0.25, 0.3) is 0 Å². The first-order valence-corrected chi connectivity index (χ1v) is 5.38. The number of hydrogen-bond acceptors (Lipinski definition) is 3. The summed E-state index contributed by atoms with van der Waals surface area (Å²) in [5, 5.41) is 22.4. The Bertz CT molecular complexity index is 302. The second-order valence-corrected chi connectivity index (χ2v) is 4.17. The van der Waals surface area contributed by atoms with Crippen LogP contribution in [0.4, 0.5) is 0 Å². The molecule has 15 heavy (non-hydrogen) atoms. The number of aliphatic hydroxyl groups is 2. The Morgan fingerprint density at radius 1 is 1.13 bits per heavy atom. The minimum atomic E-state index is -0.632. The highest BCUT2D eigenvalue weighted by Crippen LogP contribution is 2.17. The van der Waals surface area contributed by atoms with Crippen LogP contribution in [0.25, 0.3) is 0 Å². The number of piperidine rings is 1. The Balaban J connectivity index is 1.99. The standard InChI is InChI=1S/C12H17NO2/c14-11-8-13-7-10(12(11)15)6-9-4-2-1-3-5-9/h1-5,10-15H,6-8H2/t10-,11?,12+/m0/s1. The third kappa shape index (κ3) is 2.56. The zero-order valence-electron chi connectivity index (χ0n) is 8.63. The Labute approximate surface area is 89.8 Å². The van der Waals surface area contributed by atoms with Crippen LogP contribution >= 0.6 is 0 Å². The molecule has 82 valence electrons. The van der Waals surface area contributed by atoms with E-state index >= 15 is 0 Å². The molecule has 0 aromatic heterocycles. The monoisotopic (exact) mass is 207 g/mol. The highest BCUT2D eigenvalue weighted by Gasteiger charge is 2.29. The van der Waals surface area contributed by atoms with Gasteiger partial charge < -0.3 is 15.5 Å². The predicted octanol–water partition coefficient (Wildman–Crippen LogP) is 0.170. The number of rotatable bonds is 2. The average Bonchev–Trinajstić information content (AvgIpc) is 2.26. The number of hydrogen-bond donors (Lipinski definition) is 3. The van der Waals surface area contributed by atoms with E-state index in [-0.39, 0.29) is 5.92 Å². The lowest BCUT2D eigenvalue weighted by molar-refractivity contribution is -0.0345. The van der Waals surface area contributed by atoms with Crippen LogP contribution in [0.15, 0.2) is 30.3 Å². The van der Waals surface area contributed by atoms with Crippen molar-refractivity contribution in [2.45, 2.75) is 18.6 Å². The van der Waals surface area contributed by atoms with Crippen molar-refractivity contribution in [3.63, 3.8) is 0 Å². The van der Waals surface area contributed by atoms with E-state index in [1.807, 2.05) is 30.3 Å². The minimum Gasteiger partial charge on any atom is -0.390 e. The molecule has 1 heterocycles. The van der Waals surface area contributed by atoms with E-state index in [1.54, 1.807) is 0 Å². The second kappa shape index (κ2) is 4.75. The summed E-state index contributed by atoms with van der Waals surface area (Å²) in [6.45, 7) is 1.26. The quantitative estimate of drug-likeness (QED) is 0.648. The molecule has 3 nitrogen and oxygen atoms in total. The van der Waals surface area contributed by atoms with Gasteiger partial charge in [0.1, 0.15) is 0 Å². The fourth-order valence-corrected chi connectivity index (χ4v) is 2.08. The third-order valence-corrected chi connectivity index (χ3v) is 2.98. The first-order chi connectivity index (χ1) is 7.27. The van der Waals surface area contributed by atoms with Crippen molar-refractivity contribution in [2.24, 2.45) is 5.92 Å². The van der Waals surface area contributed by atoms with Crippen LogP contribution in [-0.2, 0) is 6.42 Å². The Morgan fingerprint density at radius 3 is 2.60 bits per heavy atom. The van der Waals surface area contributed by atoms with E-state index in [4.69, 9.17) is 0 Å². The van der Waals surface area contributed by atoms with Crippen molar-refractivity contribution < 1.29 is 10.2 Å². The predicted molar refractivity (Wildman–Crippen MR) is 58.5 cm³/mol. The molecule has 0 radical (unpaired) electrons. The molecule has 2 rings (SSSR count). The van der Waals surface area contributed by atoms with Crippen molar-refractivity contribution in [3.8, 4) is 0 Å². The molecule has 1 aromatic carbocycles. The molecule has 0 amide bonds. The summed E-state index contributed by atoms with van der Waals surface area (Å²) in [7, 11) is 0. The summed E-state index contributed by atoms with van der Waals surface area (Å²) in [6, 6.07) is 10.1. The first-order valence-electron chi connectivity index (χ1n) is 5.38. The summed E-state index contributed by atoms with van der Waals surface area (Å²) in [6.07, 6.45) is -0.426. The molecule has 3 atom stereocenters. The number of nitrogens with one attached hydrogen (secondary N) is 1. The molecule has 3 N–H and O–H groups in total. The van der Waals surface area contributed by atoms with Gasteiger partial charge in [-0.25, -0.2) is 0 Å². The number of benzene rings is 1. The third-order valence-electron chi connectivity index (χ3n) is 2.98. The molecule has 1 aromatic rings. The van der Waals surface area contributed by atoms with E-state index in [2.05, 4.69) is 5.32 Å². The minimum absolute atomic E-state index is 0.108. The SMILES string of the molecule is OC1CNC[C@H](Cc2ccccc2)[C@H]1O. The highest BCUT2D eigenvalue weighted by molar-refractivity contribution is 5.16. The maximum Gasteiger partial charge on any atom is 0.0926 e. The molecule has 1 aliphatic heterocycles. The van der Waals surface area contributed by atoms with Crippen LogP contribution in [0.2, 0.25) is 0 Å². The Kier molecular flexibility index (Phi) is 3.36. The van der Waals surface area contributed by atoms with Crippen LogP contribution < -0.4 is 5.32 Å². The topological polar surface area (TPSA) is 52.5 Å². The average molecular weight is 207 g/mol. The van der Waals surface area contributed by atoms with Gasteiger partial charge in [0.05, 0.1) is 12.2 Å². The molecule has 0 aliphatic carbocycles. The fourth-order valence-electron chi connectivity index (χ4n) is 2.08. The van der Waals surface area contributed by atoms with Crippen LogP contribution in [-0.4, -0.2) is 35.5 Å². The maximum atomic E-state index is 9.81. The van der Waals surface area contributed by atoms with E-state index < -0.39 is 12.2 Å². The lowest BCUT2D eigenvalue weighted by Gasteiger charge is -2.32. The summed E-state index contributed by atoms with van der Waals surface area (Å²) in [5.41, 5.74) is 1.21. The summed E-state index contributed by atoms with van der Waals surface area (Å²) in [5.74, 6) is 0.108. The van der Waals surface area contributed by atoms with Gasteiger partial charge in [-0.3, -0.25) is 0 Å². The number of β-amino-alcohol motifs (C(OH)–C–C–N with tert-alkyl or cyclic N) is 1. The molecule has 0 bridgehead atoms. The maximum absolute atomic E-state index is 9.81.